The molecule has 0 spiro atoms. The van der Waals surface area contributed by atoms with Crippen LogP contribution in [0.5, 0.6) is 0 Å². The molecule has 1 aromatic heterocycles. The van der Waals surface area contributed by atoms with Crippen molar-refractivity contribution in [1.29, 1.82) is 0 Å². The SMILES string of the molecule is CC(C)(C)OC(=O)NCCON=C(C(=O)NC1C(=O)N2C=C(C(=O)O)CS[C@H]12)c1csc(NC=O)n1. The van der Waals surface area contributed by atoms with Crippen molar-refractivity contribution in [3.63, 3.8) is 0 Å². The molecule has 1 aromatic rings. The second-order valence-corrected chi connectivity index (χ2v) is 10.3. The van der Waals surface area contributed by atoms with Crippen molar-refractivity contribution in [3.05, 3.63) is 22.8 Å². The number of aliphatic carboxylic acids is 1. The van der Waals surface area contributed by atoms with E-state index in [1.54, 1.807) is 20.8 Å². The number of ether oxygens (including phenoxy) is 1. The molecular formula is C20H24N6O8S2. The summed E-state index contributed by atoms with van der Waals surface area (Å²) in [7, 11) is 0. The molecule has 1 unspecified atom stereocenters. The van der Waals surface area contributed by atoms with Crippen LogP contribution in [0, 0.1) is 0 Å². The zero-order chi connectivity index (χ0) is 26.5. The molecule has 36 heavy (non-hydrogen) atoms. The van der Waals surface area contributed by atoms with Crippen molar-refractivity contribution in [2.45, 2.75) is 37.8 Å². The summed E-state index contributed by atoms with van der Waals surface area (Å²) in [6.45, 7) is 5.10. The van der Waals surface area contributed by atoms with Crippen molar-refractivity contribution >= 4 is 64.2 Å². The number of thiazole rings is 1. The third-order valence-corrected chi connectivity index (χ3v) is 6.60. The van der Waals surface area contributed by atoms with Crippen LogP contribution in [0.15, 0.2) is 22.3 Å². The first-order valence-corrected chi connectivity index (χ1v) is 12.4. The van der Waals surface area contributed by atoms with Gasteiger partial charge in [0.2, 0.25) is 6.41 Å². The minimum atomic E-state index is -1.11. The minimum Gasteiger partial charge on any atom is -0.478 e. The summed E-state index contributed by atoms with van der Waals surface area (Å²) in [5, 5.41) is 21.6. The highest BCUT2D eigenvalue weighted by atomic mass is 32.2. The smallest absolute Gasteiger partial charge is 0.407 e. The summed E-state index contributed by atoms with van der Waals surface area (Å²) in [5.41, 5.74) is -0.739. The van der Waals surface area contributed by atoms with Gasteiger partial charge in [-0.3, -0.25) is 14.4 Å². The summed E-state index contributed by atoms with van der Waals surface area (Å²) in [6, 6.07) is -0.903. The Hall–Kier alpha value is -3.66. The third-order valence-electron chi connectivity index (χ3n) is 4.51. The molecular weight excluding hydrogens is 516 g/mol. The van der Waals surface area contributed by atoms with Gasteiger partial charge in [-0.1, -0.05) is 5.16 Å². The van der Waals surface area contributed by atoms with Crippen LogP contribution >= 0.6 is 23.1 Å². The molecule has 1 fully saturated rings. The molecule has 0 bridgehead atoms. The maximum Gasteiger partial charge on any atom is 0.407 e. The molecule has 4 amide bonds. The van der Waals surface area contributed by atoms with Gasteiger partial charge in [0.15, 0.2) is 10.8 Å². The van der Waals surface area contributed by atoms with Crippen LogP contribution < -0.4 is 16.0 Å². The van der Waals surface area contributed by atoms with Crippen molar-refractivity contribution in [2.75, 3.05) is 24.2 Å². The Balaban J connectivity index is 1.65. The van der Waals surface area contributed by atoms with E-state index in [0.717, 1.165) is 11.3 Å². The van der Waals surface area contributed by atoms with Gasteiger partial charge >= 0.3 is 12.1 Å². The molecule has 1 saturated heterocycles. The van der Waals surface area contributed by atoms with Crippen molar-refractivity contribution in [2.24, 2.45) is 5.16 Å². The van der Waals surface area contributed by atoms with E-state index in [0.29, 0.717) is 6.41 Å². The summed E-state index contributed by atoms with van der Waals surface area (Å²) in [4.78, 5) is 69.6. The highest BCUT2D eigenvalue weighted by molar-refractivity contribution is 8.00. The molecule has 194 valence electrons. The Kier molecular flexibility index (Phi) is 8.52. The van der Waals surface area contributed by atoms with E-state index in [1.165, 1.54) is 28.2 Å². The number of β-lactam (4-membered cyclic amide) rings is 1. The van der Waals surface area contributed by atoms with Gasteiger partial charge in [0.05, 0.1) is 12.1 Å². The van der Waals surface area contributed by atoms with Crippen LogP contribution in [0.25, 0.3) is 0 Å². The molecule has 3 rings (SSSR count). The fraction of sp³-hybridized carbons (Fsp3) is 0.450. The van der Waals surface area contributed by atoms with Gasteiger partial charge in [0, 0.05) is 17.3 Å². The third kappa shape index (κ3) is 6.72. The lowest BCUT2D eigenvalue weighted by atomic mass is 10.1. The first-order valence-electron chi connectivity index (χ1n) is 10.5. The zero-order valence-corrected chi connectivity index (χ0v) is 21.1. The highest BCUT2D eigenvalue weighted by Crippen LogP contribution is 2.36. The number of carboxylic acid groups (broad SMARTS) is 1. The number of carboxylic acids is 1. The van der Waals surface area contributed by atoms with E-state index >= 15 is 0 Å². The largest absolute Gasteiger partial charge is 0.478 e. The maximum atomic E-state index is 13.0. The Morgan fingerprint density at radius 3 is 2.78 bits per heavy atom. The van der Waals surface area contributed by atoms with Crippen LogP contribution in [-0.4, -0.2) is 86.9 Å². The first kappa shape index (κ1) is 26.9. The summed E-state index contributed by atoms with van der Waals surface area (Å²) >= 11 is 2.25. The van der Waals surface area contributed by atoms with Gasteiger partial charge in [0.1, 0.15) is 29.3 Å². The van der Waals surface area contributed by atoms with Gasteiger partial charge in [0.25, 0.3) is 11.8 Å². The number of fused-ring (bicyclic) bond motifs is 1. The predicted octanol–water partition coefficient (Wildman–Crippen LogP) is 0.325. The number of thioether (sulfide) groups is 1. The number of oxime groups is 1. The van der Waals surface area contributed by atoms with E-state index in [9.17, 15) is 24.0 Å². The van der Waals surface area contributed by atoms with E-state index in [-0.39, 0.29) is 41.0 Å². The number of rotatable bonds is 10. The Morgan fingerprint density at radius 2 is 2.11 bits per heavy atom. The second kappa shape index (κ2) is 11.4. The minimum absolute atomic E-state index is 0.0371. The molecule has 0 radical (unpaired) electrons. The zero-order valence-electron chi connectivity index (χ0n) is 19.5. The monoisotopic (exact) mass is 540 g/mol. The van der Waals surface area contributed by atoms with Gasteiger partial charge in [-0.2, -0.15) is 0 Å². The van der Waals surface area contributed by atoms with Crippen LogP contribution in [0.2, 0.25) is 0 Å². The fourth-order valence-electron chi connectivity index (χ4n) is 2.97. The molecule has 2 aliphatic heterocycles. The number of hydrogen-bond donors (Lipinski definition) is 4. The van der Waals surface area contributed by atoms with Crippen LogP contribution in [0.4, 0.5) is 9.93 Å². The lowest BCUT2D eigenvalue weighted by Gasteiger charge is -2.46. The molecule has 0 aliphatic carbocycles. The summed E-state index contributed by atoms with van der Waals surface area (Å²) in [5.74, 6) is -2.16. The molecule has 16 heteroatoms. The summed E-state index contributed by atoms with van der Waals surface area (Å²) in [6.07, 6.45) is 1.05. The van der Waals surface area contributed by atoms with E-state index < -0.39 is 40.9 Å². The van der Waals surface area contributed by atoms with Crippen molar-refractivity contribution in [1.82, 2.24) is 20.5 Å². The predicted molar refractivity (Wildman–Crippen MR) is 129 cm³/mol. The van der Waals surface area contributed by atoms with E-state index in [1.807, 2.05) is 0 Å². The molecule has 3 heterocycles. The normalized spacial score (nSPS) is 19.3. The Morgan fingerprint density at radius 1 is 1.36 bits per heavy atom. The number of anilines is 1. The fourth-order valence-corrected chi connectivity index (χ4v) is 4.87. The summed E-state index contributed by atoms with van der Waals surface area (Å²) < 4.78 is 5.11. The number of alkyl carbamates (subject to hydrolysis) is 1. The lowest BCUT2D eigenvalue weighted by Crippen LogP contribution is -2.69. The van der Waals surface area contributed by atoms with Crippen molar-refractivity contribution < 1.29 is 38.7 Å². The number of aromatic nitrogens is 1. The van der Waals surface area contributed by atoms with E-state index in [4.69, 9.17) is 14.7 Å². The number of amides is 4. The number of carbonyl (C=O) groups excluding carboxylic acids is 4. The van der Waals surface area contributed by atoms with Crippen LogP contribution in [0.1, 0.15) is 26.5 Å². The average molecular weight is 541 g/mol. The standard InChI is InChI=1S/C20H24N6O8S2/c1-20(2,3)34-19(32)21-4-5-33-25-12(11-8-36-18(23-11)22-9-27)14(28)24-13-15(29)26-6-10(17(30)31)7-35-16(13)26/h6,8-9,13,16H,4-5,7H2,1-3H3,(H,21,32)(H,24,28)(H,30,31)(H,22,23,27)/t13?,16-/m1/s1. The maximum absolute atomic E-state index is 13.0. The molecule has 4 N–H and O–H groups in total. The number of nitrogens with one attached hydrogen (secondary N) is 3. The van der Waals surface area contributed by atoms with Gasteiger partial charge in [-0.05, 0) is 20.8 Å². The molecule has 2 atom stereocenters. The van der Waals surface area contributed by atoms with Crippen LogP contribution in [0.3, 0.4) is 0 Å². The number of hydrogen-bond acceptors (Lipinski definition) is 11. The Labute approximate surface area is 213 Å². The van der Waals surface area contributed by atoms with Gasteiger partial charge < -0.3 is 35.5 Å². The van der Waals surface area contributed by atoms with Gasteiger partial charge in [-0.25, -0.2) is 14.6 Å². The average Bonchev–Trinajstić information content (AvgIpc) is 3.26. The highest BCUT2D eigenvalue weighted by Gasteiger charge is 2.50. The Bertz CT molecular complexity index is 1110. The van der Waals surface area contributed by atoms with Crippen LogP contribution in [-0.2, 0) is 28.8 Å². The first-order chi connectivity index (χ1) is 17.0. The molecule has 0 saturated carbocycles. The van der Waals surface area contributed by atoms with E-state index in [2.05, 4.69) is 26.1 Å². The number of nitrogens with zero attached hydrogens (tertiary/aromatic N) is 3. The topological polar surface area (TPSA) is 189 Å². The van der Waals surface area contributed by atoms with Crippen molar-refractivity contribution in [3.8, 4) is 0 Å². The molecule has 14 nitrogen and oxygen atoms in total. The quantitative estimate of drug-likeness (QED) is 0.106. The number of carbonyl (C=O) groups is 5. The van der Waals surface area contributed by atoms with Gasteiger partial charge in [-0.15, -0.1) is 23.1 Å². The lowest BCUT2D eigenvalue weighted by molar-refractivity contribution is -0.144. The molecule has 0 aromatic carbocycles. The molecule has 2 aliphatic rings. The second-order valence-electron chi connectivity index (χ2n) is 8.36.